The first-order valence-corrected chi connectivity index (χ1v) is 13.0. The van der Waals surface area contributed by atoms with Crippen molar-refractivity contribution in [2.75, 3.05) is 24.5 Å². The predicted octanol–water partition coefficient (Wildman–Crippen LogP) is 4.90. The van der Waals surface area contributed by atoms with Gasteiger partial charge in [-0.1, -0.05) is 43.1 Å². The molecule has 202 valence electrons. The molecule has 2 aliphatic rings. The maximum Gasteiger partial charge on any atom is 0.416 e. The number of aromatic nitrogens is 4. The highest BCUT2D eigenvalue weighted by Gasteiger charge is 2.57. The Morgan fingerprint density at radius 1 is 1.18 bits per heavy atom. The number of hydrogen-bond acceptors (Lipinski definition) is 6. The second-order valence-electron chi connectivity index (χ2n) is 9.61. The number of benzene rings is 2. The maximum atomic E-state index is 14.5. The van der Waals surface area contributed by atoms with E-state index < -0.39 is 28.8 Å². The minimum absolute atomic E-state index is 0.00343. The van der Waals surface area contributed by atoms with Gasteiger partial charge in [0, 0.05) is 39.3 Å². The van der Waals surface area contributed by atoms with Crippen LogP contribution in [-0.2, 0) is 16.6 Å². The number of aromatic amines is 1. The number of fused-ring (bicyclic) bond motifs is 1. The van der Waals surface area contributed by atoms with Crippen LogP contribution >= 0.6 is 23.2 Å². The Morgan fingerprint density at radius 3 is 2.47 bits per heavy atom. The summed E-state index contributed by atoms with van der Waals surface area (Å²) < 4.78 is 43.6. The SMILES string of the molecule is CCN(CC)[C@H]1C[C@H](CN2C(=O)C(O)(c3ccc(Cl)cc3Cl)c3c2cc(-c2nn[nH]n2)cc3C(F)(F)F)C1. The summed E-state index contributed by atoms with van der Waals surface area (Å²) in [5.41, 5.74) is -4.68. The zero-order valence-electron chi connectivity index (χ0n) is 20.6. The highest BCUT2D eigenvalue weighted by molar-refractivity contribution is 6.35. The fourth-order valence-corrected chi connectivity index (χ4v) is 6.17. The molecule has 1 aromatic heterocycles. The lowest BCUT2D eigenvalue weighted by Crippen LogP contribution is -2.50. The van der Waals surface area contributed by atoms with E-state index in [2.05, 4.69) is 39.4 Å². The fraction of sp³-hybridized carbons (Fsp3) is 0.440. The number of amides is 1. The number of anilines is 1. The molecule has 0 saturated heterocycles. The predicted molar refractivity (Wildman–Crippen MR) is 136 cm³/mol. The average Bonchev–Trinajstić information content (AvgIpc) is 3.44. The number of rotatable bonds is 7. The summed E-state index contributed by atoms with van der Waals surface area (Å²) in [7, 11) is 0. The van der Waals surface area contributed by atoms with Gasteiger partial charge in [0.05, 0.1) is 11.3 Å². The molecule has 2 N–H and O–H groups in total. The van der Waals surface area contributed by atoms with Gasteiger partial charge in [0.25, 0.3) is 5.91 Å². The van der Waals surface area contributed by atoms with Crippen LogP contribution in [-0.4, -0.2) is 62.2 Å². The van der Waals surface area contributed by atoms with E-state index in [1.165, 1.54) is 29.2 Å². The quantitative estimate of drug-likeness (QED) is 0.421. The van der Waals surface area contributed by atoms with Crippen molar-refractivity contribution in [3.63, 3.8) is 0 Å². The lowest BCUT2D eigenvalue weighted by Gasteiger charge is -2.43. The summed E-state index contributed by atoms with van der Waals surface area (Å²) in [4.78, 5) is 17.5. The van der Waals surface area contributed by atoms with Crippen LogP contribution in [0.2, 0.25) is 10.0 Å². The second kappa shape index (κ2) is 9.78. The van der Waals surface area contributed by atoms with E-state index >= 15 is 0 Å². The third kappa shape index (κ3) is 4.35. The number of aliphatic hydroxyl groups is 1. The first kappa shape index (κ1) is 26.9. The minimum atomic E-state index is -4.92. The van der Waals surface area contributed by atoms with E-state index in [1.807, 2.05) is 0 Å². The smallest absolute Gasteiger partial charge is 0.372 e. The van der Waals surface area contributed by atoms with E-state index in [4.69, 9.17) is 23.2 Å². The number of nitrogens with zero attached hydrogens (tertiary/aromatic N) is 5. The van der Waals surface area contributed by atoms with Gasteiger partial charge < -0.3 is 14.9 Å². The molecule has 1 aliphatic heterocycles. The molecule has 0 bridgehead atoms. The van der Waals surface area contributed by atoms with Crippen molar-refractivity contribution in [3.8, 4) is 11.4 Å². The summed E-state index contributed by atoms with van der Waals surface area (Å²) in [6.07, 6.45) is -3.34. The monoisotopic (exact) mass is 568 g/mol. The van der Waals surface area contributed by atoms with Crippen LogP contribution in [0, 0.1) is 5.92 Å². The van der Waals surface area contributed by atoms with E-state index in [9.17, 15) is 23.1 Å². The summed E-state index contributed by atoms with van der Waals surface area (Å²) in [5, 5.41) is 25.3. The Kier molecular flexibility index (Phi) is 6.91. The van der Waals surface area contributed by atoms with Crippen LogP contribution in [0.25, 0.3) is 11.4 Å². The number of nitrogens with one attached hydrogen (secondary N) is 1. The van der Waals surface area contributed by atoms with Crippen molar-refractivity contribution in [2.24, 2.45) is 5.92 Å². The Labute approximate surface area is 226 Å². The van der Waals surface area contributed by atoms with Crippen molar-refractivity contribution < 1.29 is 23.1 Å². The normalized spacial score (nSPS) is 23.2. The third-order valence-corrected chi connectivity index (χ3v) is 8.08. The standard InChI is InChI=1S/C25H25Cl2F3N6O2/c1-3-35(4-2)16-7-13(8-16)12-36-20-10-14(22-31-33-34-32-22)9-18(25(28,29)30)21(20)24(38,23(36)37)17-6-5-15(26)11-19(17)27/h5-6,9-11,13,16,38H,3-4,7-8,12H2,1-2H3,(H,31,32,33,34)/t13-,16-,24?. The first-order chi connectivity index (χ1) is 18.0. The van der Waals surface area contributed by atoms with E-state index in [0.717, 1.165) is 32.0 Å². The average molecular weight is 569 g/mol. The van der Waals surface area contributed by atoms with Gasteiger partial charge in [-0.3, -0.25) is 4.79 Å². The zero-order chi connectivity index (χ0) is 27.4. The lowest BCUT2D eigenvalue weighted by atomic mass is 9.78. The minimum Gasteiger partial charge on any atom is -0.372 e. The van der Waals surface area contributed by atoms with Crippen molar-refractivity contribution in [1.82, 2.24) is 25.5 Å². The van der Waals surface area contributed by atoms with Gasteiger partial charge in [0.1, 0.15) is 0 Å². The fourth-order valence-electron chi connectivity index (χ4n) is 5.63. The number of alkyl halides is 3. The molecule has 13 heteroatoms. The topological polar surface area (TPSA) is 98.2 Å². The van der Waals surface area contributed by atoms with Crippen LogP contribution in [0.3, 0.4) is 0 Å². The number of carbonyl (C=O) groups is 1. The van der Waals surface area contributed by atoms with Crippen molar-refractivity contribution >= 4 is 34.8 Å². The van der Waals surface area contributed by atoms with Crippen LogP contribution in [0.5, 0.6) is 0 Å². The Hall–Kier alpha value is -2.73. The number of tetrazole rings is 1. The summed E-state index contributed by atoms with van der Waals surface area (Å²) in [6.45, 7) is 6.06. The molecule has 1 aliphatic carbocycles. The van der Waals surface area contributed by atoms with Crippen LogP contribution in [0.1, 0.15) is 43.4 Å². The summed E-state index contributed by atoms with van der Waals surface area (Å²) >= 11 is 12.4. The molecule has 8 nitrogen and oxygen atoms in total. The molecule has 1 unspecified atom stereocenters. The molecule has 1 atom stereocenters. The number of hydrogen-bond donors (Lipinski definition) is 2. The molecule has 38 heavy (non-hydrogen) atoms. The number of carbonyl (C=O) groups excluding carboxylic acids is 1. The third-order valence-electron chi connectivity index (χ3n) is 7.54. The van der Waals surface area contributed by atoms with Gasteiger partial charge in [0.2, 0.25) is 5.82 Å². The molecule has 5 rings (SSSR count). The van der Waals surface area contributed by atoms with Crippen LogP contribution in [0.4, 0.5) is 18.9 Å². The Morgan fingerprint density at radius 2 is 1.89 bits per heavy atom. The molecule has 2 aromatic carbocycles. The summed E-state index contributed by atoms with van der Waals surface area (Å²) in [5.74, 6) is -0.932. The highest BCUT2D eigenvalue weighted by Crippen LogP contribution is 2.53. The summed E-state index contributed by atoms with van der Waals surface area (Å²) in [6, 6.07) is 6.48. The highest BCUT2D eigenvalue weighted by atomic mass is 35.5. The lowest BCUT2D eigenvalue weighted by molar-refractivity contribution is -0.142. The molecule has 1 saturated carbocycles. The maximum absolute atomic E-state index is 14.5. The van der Waals surface area contributed by atoms with Gasteiger partial charge in [0.15, 0.2) is 5.60 Å². The van der Waals surface area contributed by atoms with Gasteiger partial charge in [-0.05, 0) is 61.3 Å². The van der Waals surface area contributed by atoms with E-state index in [-0.39, 0.29) is 45.1 Å². The van der Waals surface area contributed by atoms with E-state index in [1.54, 1.807) is 0 Å². The number of halogens is 5. The van der Waals surface area contributed by atoms with Gasteiger partial charge in [-0.15, -0.1) is 10.2 Å². The molecule has 3 aromatic rings. The zero-order valence-corrected chi connectivity index (χ0v) is 22.1. The Balaban J connectivity index is 1.66. The van der Waals surface area contributed by atoms with Gasteiger partial charge in [-0.2, -0.15) is 18.4 Å². The Bertz CT molecular complexity index is 1360. The van der Waals surface area contributed by atoms with Crippen molar-refractivity contribution in [2.45, 2.75) is 44.5 Å². The molecule has 1 fully saturated rings. The second-order valence-corrected chi connectivity index (χ2v) is 10.5. The van der Waals surface area contributed by atoms with E-state index in [0.29, 0.717) is 6.04 Å². The largest absolute Gasteiger partial charge is 0.416 e. The van der Waals surface area contributed by atoms with Crippen LogP contribution < -0.4 is 4.90 Å². The van der Waals surface area contributed by atoms with Crippen molar-refractivity contribution in [3.05, 3.63) is 57.1 Å². The molecule has 0 radical (unpaired) electrons. The molecule has 2 heterocycles. The molecule has 1 amide bonds. The van der Waals surface area contributed by atoms with Gasteiger partial charge >= 0.3 is 6.18 Å². The first-order valence-electron chi connectivity index (χ1n) is 12.2. The van der Waals surface area contributed by atoms with Crippen LogP contribution in [0.15, 0.2) is 30.3 Å². The molecule has 0 spiro atoms. The molecular formula is C25H25Cl2F3N6O2. The number of H-pyrrole nitrogens is 1. The van der Waals surface area contributed by atoms with Crippen molar-refractivity contribution in [1.29, 1.82) is 0 Å². The van der Waals surface area contributed by atoms with Gasteiger partial charge in [-0.25, -0.2) is 0 Å². The molecular weight excluding hydrogens is 544 g/mol.